The van der Waals surface area contributed by atoms with Crippen LogP contribution in [0.5, 0.6) is 0 Å². The van der Waals surface area contributed by atoms with E-state index in [0.717, 1.165) is 19.7 Å². The first-order valence-electron chi connectivity index (χ1n) is 2.93. The molecule has 3 nitrogen and oxygen atoms in total. The molecule has 1 N–H and O–H groups in total. The molecule has 0 amide bonds. The van der Waals surface area contributed by atoms with Crippen LogP contribution in [-0.4, -0.2) is 32.1 Å². The standard InChI is InChI=1S/C5H9NO2/c1-4-3-7-5(8-4)2-6-1/h4-6H,1-3H2/t4-,5+/m1/s1. The lowest BCUT2D eigenvalue weighted by Crippen LogP contribution is -2.39. The van der Waals surface area contributed by atoms with Crippen molar-refractivity contribution in [2.24, 2.45) is 0 Å². The van der Waals surface area contributed by atoms with E-state index in [4.69, 9.17) is 9.47 Å². The quantitative estimate of drug-likeness (QED) is 0.454. The summed E-state index contributed by atoms with van der Waals surface area (Å²) >= 11 is 0. The molecule has 2 fully saturated rings. The van der Waals surface area contributed by atoms with Crippen molar-refractivity contribution in [2.75, 3.05) is 19.7 Å². The first-order chi connectivity index (χ1) is 3.95. The average Bonchev–Trinajstić information content (AvgIpc) is 2.12. The number of hydrogen-bond donors (Lipinski definition) is 1. The molecule has 0 aromatic carbocycles. The first-order valence-corrected chi connectivity index (χ1v) is 2.93. The molecule has 2 bridgehead atoms. The van der Waals surface area contributed by atoms with Crippen molar-refractivity contribution in [3.63, 3.8) is 0 Å². The van der Waals surface area contributed by atoms with Gasteiger partial charge in [0.2, 0.25) is 0 Å². The van der Waals surface area contributed by atoms with Crippen LogP contribution in [0.2, 0.25) is 0 Å². The molecule has 8 heavy (non-hydrogen) atoms. The van der Waals surface area contributed by atoms with Crippen molar-refractivity contribution in [3.8, 4) is 0 Å². The number of nitrogens with one attached hydrogen (secondary N) is 1. The van der Waals surface area contributed by atoms with Crippen LogP contribution in [0.25, 0.3) is 0 Å². The highest BCUT2D eigenvalue weighted by Gasteiger charge is 2.29. The van der Waals surface area contributed by atoms with Gasteiger partial charge in [-0.1, -0.05) is 0 Å². The second-order valence-corrected chi connectivity index (χ2v) is 2.18. The number of hydrogen-bond acceptors (Lipinski definition) is 3. The molecule has 0 spiro atoms. The Bertz CT molecular complexity index is 82.4. The van der Waals surface area contributed by atoms with Crippen LogP contribution in [0, 0.1) is 0 Å². The predicted molar refractivity (Wildman–Crippen MR) is 27.5 cm³/mol. The van der Waals surface area contributed by atoms with E-state index in [1.807, 2.05) is 0 Å². The van der Waals surface area contributed by atoms with Gasteiger partial charge >= 0.3 is 0 Å². The zero-order valence-corrected chi connectivity index (χ0v) is 4.59. The Labute approximate surface area is 48.0 Å². The third kappa shape index (κ3) is 0.632. The van der Waals surface area contributed by atoms with Crippen molar-refractivity contribution < 1.29 is 9.47 Å². The lowest BCUT2D eigenvalue weighted by Gasteiger charge is -2.17. The van der Waals surface area contributed by atoms with Crippen LogP contribution in [0.1, 0.15) is 0 Å². The van der Waals surface area contributed by atoms with Gasteiger partial charge in [-0.2, -0.15) is 0 Å². The topological polar surface area (TPSA) is 30.5 Å². The van der Waals surface area contributed by atoms with Gasteiger partial charge in [-0.05, 0) is 0 Å². The molecule has 2 rings (SSSR count). The molecule has 2 aliphatic heterocycles. The van der Waals surface area contributed by atoms with Gasteiger partial charge in [0, 0.05) is 13.1 Å². The second kappa shape index (κ2) is 1.69. The fraction of sp³-hybridized carbons (Fsp3) is 1.00. The van der Waals surface area contributed by atoms with Gasteiger partial charge in [-0.25, -0.2) is 0 Å². The van der Waals surface area contributed by atoms with Crippen molar-refractivity contribution in [1.29, 1.82) is 0 Å². The summed E-state index contributed by atoms with van der Waals surface area (Å²) in [6.45, 7) is 2.59. The zero-order chi connectivity index (χ0) is 5.40. The molecular weight excluding hydrogens is 106 g/mol. The normalized spacial score (nSPS) is 45.0. The summed E-state index contributed by atoms with van der Waals surface area (Å²) < 4.78 is 10.5. The van der Waals surface area contributed by atoms with E-state index in [1.165, 1.54) is 0 Å². The molecule has 46 valence electrons. The van der Waals surface area contributed by atoms with Crippen molar-refractivity contribution in [2.45, 2.75) is 12.4 Å². The minimum atomic E-state index is 0.0498. The van der Waals surface area contributed by atoms with Gasteiger partial charge in [-0.3, -0.25) is 0 Å². The summed E-state index contributed by atoms with van der Waals surface area (Å²) in [5, 5.41) is 3.20. The Morgan fingerprint density at radius 1 is 1.38 bits per heavy atom. The van der Waals surface area contributed by atoms with Crippen LogP contribution in [0.3, 0.4) is 0 Å². The zero-order valence-electron chi connectivity index (χ0n) is 4.59. The third-order valence-electron chi connectivity index (χ3n) is 1.50. The summed E-state index contributed by atoms with van der Waals surface area (Å²) in [6.07, 6.45) is 0.377. The van der Waals surface area contributed by atoms with Gasteiger partial charge in [0.25, 0.3) is 0 Å². The second-order valence-electron chi connectivity index (χ2n) is 2.18. The molecule has 3 heteroatoms. The first kappa shape index (κ1) is 4.73. The van der Waals surface area contributed by atoms with Gasteiger partial charge < -0.3 is 14.8 Å². The number of fused-ring (bicyclic) bond motifs is 2. The lowest BCUT2D eigenvalue weighted by molar-refractivity contribution is -0.0707. The highest BCUT2D eigenvalue weighted by Crippen LogP contribution is 2.13. The molecule has 0 radical (unpaired) electrons. The minimum absolute atomic E-state index is 0.0498. The van der Waals surface area contributed by atoms with E-state index < -0.39 is 0 Å². The monoisotopic (exact) mass is 115 g/mol. The maximum atomic E-state index is 5.31. The third-order valence-corrected chi connectivity index (χ3v) is 1.50. The Kier molecular flexibility index (Phi) is 0.997. The summed E-state index contributed by atoms with van der Waals surface area (Å²) in [5.74, 6) is 0. The lowest BCUT2D eigenvalue weighted by atomic mass is 10.3. The summed E-state index contributed by atoms with van der Waals surface area (Å²) in [7, 11) is 0. The maximum Gasteiger partial charge on any atom is 0.170 e. The Morgan fingerprint density at radius 3 is 3.12 bits per heavy atom. The molecule has 0 saturated carbocycles. The van der Waals surface area contributed by atoms with Gasteiger partial charge in [-0.15, -0.1) is 0 Å². The Hall–Kier alpha value is -0.120. The molecule has 2 aliphatic rings. The van der Waals surface area contributed by atoms with Gasteiger partial charge in [0.05, 0.1) is 12.7 Å². The van der Waals surface area contributed by atoms with Crippen LogP contribution in [0.15, 0.2) is 0 Å². The van der Waals surface area contributed by atoms with E-state index in [0.29, 0.717) is 6.10 Å². The van der Waals surface area contributed by atoms with E-state index in [1.54, 1.807) is 0 Å². The molecule has 0 unspecified atom stereocenters. The van der Waals surface area contributed by atoms with Crippen molar-refractivity contribution in [1.82, 2.24) is 5.32 Å². The largest absolute Gasteiger partial charge is 0.349 e. The predicted octanol–water partition coefficient (Wildman–Crippen LogP) is -0.669. The smallest absolute Gasteiger partial charge is 0.170 e. The van der Waals surface area contributed by atoms with E-state index in [2.05, 4.69) is 5.32 Å². The van der Waals surface area contributed by atoms with Crippen molar-refractivity contribution in [3.05, 3.63) is 0 Å². The molecule has 2 atom stereocenters. The Balaban J connectivity index is 2.03. The highest BCUT2D eigenvalue weighted by molar-refractivity contribution is 4.74. The average molecular weight is 115 g/mol. The van der Waals surface area contributed by atoms with Gasteiger partial charge in [0.1, 0.15) is 0 Å². The summed E-state index contributed by atoms with van der Waals surface area (Å²) in [5.41, 5.74) is 0. The number of ether oxygens (including phenoxy) is 2. The molecule has 2 heterocycles. The molecular formula is C5H9NO2. The molecule has 0 aromatic heterocycles. The fourth-order valence-corrected chi connectivity index (χ4v) is 1.08. The summed E-state index contributed by atoms with van der Waals surface area (Å²) in [6, 6.07) is 0. The molecule has 0 aromatic rings. The van der Waals surface area contributed by atoms with E-state index >= 15 is 0 Å². The SMILES string of the molecule is C1NC[C@H]2OC[C@@H]1O2. The summed E-state index contributed by atoms with van der Waals surface area (Å²) in [4.78, 5) is 0. The van der Waals surface area contributed by atoms with Gasteiger partial charge in [0.15, 0.2) is 6.29 Å². The highest BCUT2D eigenvalue weighted by atomic mass is 16.7. The fourth-order valence-electron chi connectivity index (χ4n) is 1.08. The van der Waals surface area contributed by atoms with E-state index in [-0.39, 0.29) is 6.29 Å². The maximum absolute atomic E-state index is 5.31. The molecule has 0 aliphatic carbocycles. The van der Waals surface area contributed by atoms with Crippen LogP contribution < -0.4 is 5.32 Å². The van der Waals surface area contributed by atoms with Crippen LogP contribution in [-0.2, 0) is 9.47 Å². The van der Waals surface area contributed by atoms with Crippen molar-refractivity contribution >= 4 is 0 Å². The molecule has 2 saturated heterocycles. The number of rotatable bonds is 0. The van der Waals surface area contributed by atoms with Crippen LogP contribution >= 0.6 is 0 Å². The minimum Gasteiger partial charge on any atom is -0.349 e. The Morgan fingerprint density at radius 2 is 2.38 bits per heavy atom. The van der Waals surface area contributed by atoms with Crippen LogP contribution in [0.4, 0.5) is 0 Å². The van der Waals surface area contributed by atoms with E-state index in [9.17, 15) is 0 Å². The number of morpholine rings is 1.